The van der Waals surface area contributed by atoms with Crippen molar-refractivity contribution in [1.82, 2.24) is 0 Å². The summed E-state index contributed by atoms with van der Waals surface area (Å²) < 4.78 is 49.7. The monoisotopic (exact) mass is 943 g/mol. The molecule has 0 saturated carbocycles. The molecule has 71 heavy (non-hydrogen) atoms. The normalized spacial score (nSPS) is 10.9. The highest BCUT2D eigenvalue weighted by Crippen LogP contribution is 2.28. The molecule has 0 atom stereocenters. The van der Waals surface area contributed by atoms with Crippen LogP contribution in [0.5, 0.6) is 0 Å². The Morgan fingerprint density at radius 1 is 0.451 bits per heavy atom. The molecular formula is C61H48F3N3O4. The number of carboxylic acid groups (broad SMARTS) is 1. The topological polar surface area (TPSA) is 99.7 Å². The molecule has 0 amide bonds. The van der Waals surface area contributed by atoms with Crippen LogP contribution in [0.1, 0.15) is 49.3 Å². The molecule has 10 aromatic rings. The van der Waals surface area contributed by atoms with Crippen molar-refractivity contribution >= 4 is 92.4 Å². The molecule has 352 valence electrons. The molecular weight excluding hydrogens is 896 g/mol. The second-order valence-corrected chi connectivity index (χ2v) is 16.5. The van der Waals surface area contributed by atoms with Gasteiger partial charge in [-0.05, 0) is 186 Å². The number of fused-ring (bicyclic) bond motifs is 2. The number of carbonyl (C=O) groups is 1. The maximum Gasteiger partial charge on any atom is 0.337 e. The van der Waals surface area contributed by atoms with Gasteiger partial charge in [-0.25, -0.2) is 18.0 Å². The van der Waals surface area contributed by atoms with Gasteiger partial charge in [-0.2, -0.15) is 0 Å². The molecule has 0 bridgehead atoms. The second kappa shape index (κ2) is 22.7. The van der Waals surface area contributed by atoms with Crippen molar-refractivity contribution in [2.24, 2.45) is 0 Å². The summed E-state index contributed by atoms with van der Waals surface area (Å²) in [7, 11) is 0. The fourth-order valence-corrected chi connectivity index (χ4v) is 7.36. The minimum absolute atomic E-state index is 0.140. The van der Waals surface area contributed by atoms with E-state index in [9.17, 15) is 23.1 Å². The van der Waals surface area contributed by atoms with E-state index >= 15 is 0 Å². The lowest BCUT2D eigenvalue weighted by atomic mass is 10.1. The molecule has 0 aliphatic rings. The summed E-state index contributed by atoms with van der Waals surface area (Å²) in [5.41, 5.74) is 14.0. The zero-order valence-electron chi connectivity index (χ0n) is 38.8. The minimum atomic E-state index is -1.04. The van der Waals surface area contributed by atoms with Crippen LogP contribution in [0.15, 0.2) is 204 Å². The first-order valence-corrected chi connectivity index (χ1v) is 22.5. The molecule has 2 heterocycles. The van der Waals surface area contributed by atoms with Gasteiger partial charge in [-0.15, -0.1) is 0 Å². The first kappa shape index (κ1) is 48.2. The third-order valence-electron chi connectivity index (χ3n) is 11.3. The van der Waals surface area contributed by atoms with Crippen LogP contribution >= 0.6 is 0 Å². The van der Waals surface area contributed by atoms with Crippen molar-refractivity contribution in [3.8, 4) is 0 Å². The number of carboxylic acids is 1. The molecule has 0 spiro atoms. The van der Waals surface area contributed by atoms with E-state index in [1.807, 2.05) is 86.7 Å². The number of rotatable bonds is 12. The van der Waals surface area contributed by atoms with Gasteiger partial charge < -0.3 is 29.9 Å². The Morgan fingerprint density at radius 3 is 1.23 bits per heavy atom. The standard InChI is InChI=1S/C23H16FNO3.C23H18FNO.C15H14FN/c24-18-5-7-19(8-6-18)25-21-14-16(3-9-20(21)23(26)27)2-1-15-4-10-22-17(13-15)11-12-28-22;1-16-2-3-18(15-22(16)25-21-9-7-20(24)8-10-21)5-4-17-6-11-23-19(14-17)12-13-26-23;1-3-12-5-4-11(2)15(10-12)17-14-8-6-13(16)7-9-14/h1-14,25H,(H,26,27);2-15,25H,1H3;3-10,17H,1H2,2H3/b2-1+;5-4+;. The number of benzene rings is 8. The van der Waals surface area contributed by atoms with Crippen molar-refractivity contribution < 1.29 is 31.9 Å². The van der Waals surface area contributed by atoms with E-state index < -0.39 is 5.97 Å². The maximum atomic E-state index is 13.1. The van der Waals surface area contributed by atoms with Gasteiger partial charge in [-0.3, -0.25) is 0 Å². The first-order valence-electron chi connectivity index (χ1n) is 22.5. The molecule has 10 heteroatoms. The van der Waals surface area contributed by atoms with Gasteiger partial charge in [0.15, 0.2) is 0 Å². The molecule has 7 nitrogen and oxygen atoms in total. The molecule has 0 radical (unpaired) electrons. The first-order chi connectivity index (χ1) is 34.4. The number of furan rings is 2. The third-order valence-corrected chi connectivity index (χ3v) is 11.3. The van der Waals surface area contributed by atoms with E-state index in [4.69, 9.17) is 8.83 Å². The lowest BCUT2D eigenvalue weighted by molar-refractivity contribution is 0.0698. The van der Waals surface area contributed by atoms with E-state index in [0.717, 1.165) is 83.6 Å². The molecule has 2 aromatic heterocycles. The summed E-state index contributed by atoms with van der Waals surface area (Å²) in [5.74, 6) is -1.86. The molecule has 0 unspecified atom stereocenters. The number of halogens is 3. The van der Waals surface area contributed by atoms with Crippen LogP contribution in [0.25, 0.3) is 52.3 Å². The molecule has 0 fully saturated rings. The van der Waals surface area contributed by atoms with Crippen molar-refractivity contribution in [3.63, 3.8) is 0 Å². The van der Waals surface area contributed by atoms with Crippen LogP contribution < -0.4 is 16.0 Å². The summed E-state index contributed by atoms with van der Waals surface area (Å²) >= 11 is 0. The number of aromatic carboxylic acids is 1. The number of anilines is 6. The van der Waals surface area contributed by atoms with Crippen LogP contribution in [0, 0.1) is 31.3 Å². The number of hydrogen-bond acceptors (Lipinski definition) is 6. The maximum absolute atomic E-state index is 13.1. The zero-order valence-corrected chi connectivity index (χ0v) is 38.8. The summed E-state index contributed by atoms with van der Waals surface area (Å²) in [6, 6.07) is 51.6. The van der Waals surface area contributed by atoms with E-state index in [1.165, 1.54) is 36.4 Å². The SMILES string of the molecule is C=Cc1ccc(C)c(Nc2ccc(F)cc2)c1.Cc1ccc(/C=C/c2ccc3occc3c2)cc1Nc1ccc(F)cc1.O=C(O)c1ccc(/C=C/c2ccc3occc3c2)cc1Nc1ccc(F)cc1. The van der Waals surface area contributed by atoms with E-state index in [1.54, 1.807) is 73.2 Å². The number of aryl methyl sites for hydroxylation is 2. The average molecular weight is 944 g/mol. The second-order valence-electron chi connectivity index (χ2n) is 16.5. The molecule has 8 aromatic carbocycles. The summed E-state index contributed by atoms with van der Waals surface area (Å²) in [4.78, 5) is 11.5. The quantitative estimate of drug-likeness (QED) is 0.0906. The van der Waals surface area contributed by atoms with E-state index in [0.29, 0.717) is 11.4 Å². The summed E-state index contributed by atoms with van der Waals surface area (Å²) in [6.45, 7) is 7.82. The molecule has 4 N–H and O–H groups in total. The highest BCUT2D eigenvalue weighted by molar-refractivity contribution is 5.96. The predicted molar refractivity (Wildman–Crippen MR) is 285 cm³/mol. The molecule has 0 saturated heterocycles. The van der Waals surface area contributed by atoms with Gasteiger partial charge >= 0.3 is 5.97 Å². The van der Waals surface area contributed by atoms with Crippen molar-refractivity contribution in [2.75, 3.05) is 16.0 Å². The van der Waals surface area contributed by atoms with Crippen LogP contribution in [-0.2, 0) is 0 Å². The van der Waals surface area contributed by atoms with Crippen LogP contribution in [0.2, 0.25) is 0 Å². The smallest absolute Gasteiger partial charge is 0.337 e. The van der Waals surface area contributed by atoms with Crippen molar-refractivity contribution in [2.45, 2.75) is 13.8 Å². The minimum Gasteiger partial charge on any atom is -0.478 e. The zero-order chi connectivity index (χ0) is 49.7. The summed E-state index contributed by atoms with van der Waals surface area (Å²) in [6.07, 6.45) is 13.2. The Hall–Kier alpha value is -9.28. The highest BCUT2D eigenvalue weighted by Gasteiger charge is 2.11. The lowest BCUT2D eigenvalue weighted by Crippen LogP contribution is -2.03. The van der Waals surface area contributed by atoms with Gasteiger partial charge in [-0.1, -0.05) is 79.4 Å². The number of hydrogen-bond donors (Lipinski definition) is 4. The molecule has 0 aliphatic heterocycles. The van der Waals surface area contributed by atoms with Gasteiger partial charge in [0.1, 0.15) is 28.6 Å². The van der Waals surface area contributed by atoms with Gasteiger partial charge in [0.05, 0.1) is 23.8 Å². The summed E-state index contributed by atoms with van der Waals surface area (Å²) in [5, 5.41) is 21.2. The van der Waals surface area contributed by atoms with Crippen molar-refractivity contribution in [1.29, 1.82) is 0 Å². The Morgan fingerprint density at radius 2 is 0.803 bits per heavy atom. The van der Waals surface area contributed by atoms with Gasteiger partial charge in [0.2, 0.25) is 0 Å². The Bertz CT molecular complexity index is 3500. The van der Waals surface area contributed by atoms with Crippen LogP contribution in [0.4, 0.5) is 47.3 Å². The van der Waals surface area contributed by atoms with Gasteiger partial charge in [0.25, 0.3) is 0 Å². The Kier molecular flexibility index (Phi) is 15.4. The predicted octanol–water partition coefficient (Wildman–Crippen LogP) is 17.5. The Labute approximate surface area is 409 Å². The fourth-order valence-electron chi connectivity index (χ4n) is 7.36. The molecule has 10 rings (SSSR count). The third kappa shape index (κ3) is 13.2. The Balaban J connectivity index is 0.000000147. The van der Waals surface area contributed by atoms with Gasteiger partial charge in [0, 0.05) is 39.2 Å². The highest BCUT2D eigenvalue weighted by atomic mass is 19.1. The average Bonchev–Trinajstić information content (AvgIpc) is 4.06. The van der Waals surface area contributed by atoms with Crippen LogP contribution in [-0.4, -0.2) is 11.1 Å². The van der Waals surface area contributed by atoms with E-state index in [2.05, 4.69) is 58.9 Å². The van der Waals surface area contributed by atoms with Crippen molar-refractivity contribution in [3.05, 3.63) is 257 Å². The molecule has 0 aliphatic carbocycles. The lowest BCUT2D eigenvalue weighted by Gasteiger charge is -2.11. The fraction of sp³-hybridized carbons (Fsp3) is 0.0328. The largest absolute Gasteiger partial charge is 0.478 e. The van der Waals surface area contributed by atoms with Crippen LogP contribution in [0.3, 0.4) is 0 Å². The van der Waals surface area contributed by atoms with E-state index in [-0.39, 0.29) is 23.0 Å². The number of nitrogens with one attached hydrogen (secondary N) is 3.